The summed E-state index contributed by atoms with van der Waals surface area (Å²) in [5, 5.41) is 3.45. The maximum Gasteiger partial charge on any atom is 0.245 e. The third kappa shape index (κ3) is 5.87. The highest BCUT2D eigenvalue weighted by Crippen LogP contribution is 2.48. The number of rotatable bonds is 9. The van der Waals surface area contributed by atoms with E-state index in [0.717, 1.165) is 30.0 Å². The SMILES string of the molecule is Cc1nc(NC(=O)CN(CCCN(C)C)C(=O)[C@H]2C[C@H]2c2ccccc2)sc1C. The van der Waals surface area contributed by atoms with Gasteiger partial charge in [0.1, 0.15) is 0 Å². The summed E-state index contributed by atoms with van der Waals surface area (Å²) in [7, 11) is 4.02. The lowest BCUT2D eigenvalue weighted by Crippen LogP contribution is -2.40. The number of carbonyl (C=O) groups is 2. The second-order valence-corrected chi connectivity index (χ2v) is 9.19. The molecule has 29 heavy (non-hydrogen) atoms. The smallest absolute Gasteiger partial charge is 0.245 e. The van der Waals surface area contributed by atoms with Crippen LogP contribution in [0.25, 0.3) is 0 Å². The van der Waals surface area contributed by atoms with Crippen LogP contribution in [0.4, 0.5) is 5.13 Å². The van der Waals surface area contributed by atoms with Gasteiger partial charge in [0.15, 0.2) is 5.13 Å². The molecular weight excluding hydrogens is 384 g/mol. The highest BCUT2D eigenvalue weighted by Gasteiger charge is 2.45. The number of amides is 2. The molecule has 1 aliphatic rings. The summed E-state index contributed by atoms with van der Waals surface area (Å²) in [6.45, 7) is 5.44. The summed E-state index contributed by atoms with van der Waals surface area (Å²) in [6, 6.07) is 10.2. The Hall–Kier alpha value is -2.25. The minimum absolute atomic E-state index is 0.0195. The van der Waals surface area contributed by atoms with Crippen LogP contribution in [0, 0.1) is 19.8 Å². The van der Waals surface area contributed by atoms with E-state index in [-0.39, 0.29) is 30.2 Å². The first-order chi connectivity index (χ1) is 13.8. The van der Waals surface area contributed by atoms with Gasteiger partial charge in [-0.15, -0.1) is 11.3 Å². The van der Waals surface area contributed by atoms with Crippen molar-refractivity contribution >= 4 is 28.3 Å². The average molecular weight is 415 g/mol. The molecule has 2 aromatic rings. The Morgan fingerprint density at radius 2 is 1.90 bits per heavy atom. The largest absolute Gasteiger partial charge is 0.333 e. The fourth-order valence-corrected chi connectivity index (χ4v) is 4.31. The lowest BCUT2D eigenvalue weighted by Gasteiger charge is -2.23. The standard InChI is InChI=1S/C22H30N4O2S/c1-15-16(2)29-22(23-15)24-20(27)14-26(12-8-11-25(3)4)21(28)19-13-18(19)17-9-6-5-7-10-17/h5-7,9-10,18-19H,8,11-14H2,1-4H3,(H,23,24,27)/t18-,19-/m0/s1. The molecule has 156 valence electrons. The van der Waals surface area contributed by atoms with Gasteiger partial charge in [-0.2, -0.15) is 0 Å². The summed E-state index contributed by atoms with van der Waals surface area (Å²) >= 11 is 1.46. The van der Waals surface area contributed by atoms with Crippen LogP contribution in [0.1, 0.15) is 34.9 Å². The van der Waals surface area contributed by atoms with E-state index in [1.165, 1.54) is 16.9 Å². The van der Waals surface area contributed by atoms with Crippen LogP contribution in [0.3, 0.4) is 0 Å². The molecule has 2 atom stereocenters. The molecular formula is C22H30N4O2S. The van der Waals surface area contributed by atoms with Gasteiger partial charge in [0.25, 0.3) is 0 Å². The van der Waals surface area contributed by atoms with E-state index in [1.807, 2.05) is 46.1 Å². The van der Waals surface area contributed by atoms with E-state index < -0.39 is 0 Å². The molecule has 7 heteroatoms. The van der Waals surface area contributed by atoms with Crippen LogP contribution in [0.2, 0.25) is 0 Å². The van der Waals surface area contributed by atoms with Crippen molar-refractivity contribution in [1.82, 2.24) is 14.8 Å². The lowest BCUT2D eigenvalue weighted by atomic mass is 10.1. The lowest BCUT2D eigenvalue weighted by molar-refractivity contribution is -0.136. The molecule has 1 saturated carbocycles. The number of aromatic nitrogens is 1. The number of anilines is 1. The number of carbonyl (C=O) groups excluding carboxylic acids is 2. The molecule has 1 aromatic carbocycles. The van der Waals surface area contributed by atoms with Gasteiger partial charge in [0, 0.05) is 17.3 Å². The van der Waals surface area contributed by atoms with Crippen LogP contribution in [0.15, 0.2) is 30.3 Å². The molecule has 1 fully saturated rings. The Morgan fingerprint density at radius 3 is 2.52 bits per heavy atom. The highest BCUT2D eigenvalue weighted by atomic mass is 32.1. The van der Waals surface area contributed by atoms with Crippen LogP contribution in [-0.2, 0) is 9.59 Å². The van der Waals surface area contributed by atoms with Crippen molar-refractivity contribution in [3.05, 3.63) is 46.5 Å². The van der Waals surface area contributed by atoms with E-state index in [1.54, 1.807) is 4.90 Å². The summed E-state index contributed by atoms with van der Waals surface area (Å²) in [5.74, 6) is 0.148. The predicted molar refractivity (Wildman–Crippen MR) is 117 cm³/mol. The highest BCUT2D eigenvalue weighted by molar-refractivity contribution is 7.15. The van der Waals surface area contributed by atoms with Gasteiger partial charge in [-0.3, -0.25) is 9.59 Å². The molecule has 0 saturated heterocycles. The van der Waals surface area contributed by atoms with Gasteiger partial charge in [0.05, 0.1) is 12.2 Å². The zero-order valence-electron chi connectivity index (χ0n) is 17.6. The van der Waals surface area contributed by atoms with Crippen molar-refractivity contribution in [2.45, 2.75) is 32.6 Å². The Labute approximate surface area is 176 Å². The maximum absolute atomic E-state index is 13.1. The number of nitrogens with zero attached hydrogens (tertiary/aromatic N) is 3. The Kier molecular flexibility index (Phi) is 7.03. The van der Waals surface area contributed by atoms with Crippen molar-refractivity contribution in [3.8, 4) is 0 Å². The van der Waals surface area contributed by atoms with E-state index in [2.05, 4.69) is 27.3 Å². The fraction of sp³-hybridized carbons (Fsp3) is 0.500. The van der Waals surface area contributed by atoms with Gasteiger partial charge >= 0.3 is 0 Å². The second kappa shape index (κ2) is 9.50. The molecule has 3 rings (SSSR count). The van der Waals surface area contributed by atoms with Crippen molar-refractivity contribution < 1.29 is 9.59 Å². The summed E-state index contributed by atoms with van der Waals surface area (Å²) < 4.78 is 0. The third-order valence-corrected chi connectivity index (χ3v) is 6.28. The topological polar surface area (TPSA) is 65.5 Å². The van der Waals surface area contributed by atoms with Gasteiger partial charge in [-0.1, -0.05) is 30.3 Å². The number of aryl methyl sites for hydroxylation is 2. The predicted octanol–water partition coefficient (Wildman–Crippen LogP) is 3.28. The zero-order chi connectivity index (χ0) is 21.0. The Bertz CT molecular complexity index is 830. The number of hydrogen-bond donors (Lipinski definition) is 1. The quantitative estimate of drug-likeness (QED) is 0.684. The van der Waals surface area contributed by atoms with Gasteiger partial charge < -0.3 is 15.1 Å². The molecule has 0 bridgehead atoms. The zero-order valence-corrected chi connectivity index (χ0v) is 18.5. The second-order valence-electron chi connectivity index (χ2n) is 7.98. The summed E-state index contributed by atoms with van der Waals surface area (Å²) in [4.78, 5) is 35.0. The first-order valence-corrected chi connectivity index (χ1v) is 10.9. The first kappa shape index (κ1) is 21.5. The molecule has 1 aliphatic carbocycles. The molecule has 0 spiro atoms. The number of benzene rings is 1. The molecule has 6 nitrogen and oxygen atoms in total. The Morgan fingerprint density at radius 1 is 1.17 bits per heavy atom. The molecule has 1 N–H and O–H groups in total. The minimum Gasteiger partial charge on any atom is -0.333 e. The van der Waals surface area contributed by atoms with Gasteiger partial charge in [-0.05, 0) is 58.8 Å². The maximum atomic E-state index is 13.1. The van der Waals surface area contributed by atoms with Gasteiger partial charge in [-0.25, -0.2) is 4.98 Å². The van der Waals surface area contributed by atoms with Crippen LogP contribution >= 0.6 is 11.3 Å². The summed E-state index contributed by atoms with van der Waals surface area (Å²) in [6.07, 6.45) is 1.70. The molecule has 0 radical (unpaired) electrons. The van der Waals surface area contributed by atoms with Crippen molar-refractivity contribution in [2.24, 2.45) is 5.92 Å². The van der Waals surface area contributed by atoms with E-state index >= 15 is 0 Å². The van der Waals surface area contributed by atoms with Crippen LogP contribution in [0.5, 0.6) is 0 Å². The van der Waals surface area contributed by atoms with Crippen molar-refractivity contribution in [1.29, 1.82) is 0 Å². The normalized spacial score (nSPS) is 18.0. The third-order valence-electron chi connectivity index (χ3n) is 5.29. The molecule has 0 aliphatic heterocycles. The Balaban J connectivity index is 1.62. The van der Waals surface area contributed by atoms with Crippen molar-refractivity contribution in [3.63, 3.8) is 0 Å². The molecule has 1 aromatic heterocycles. The van der Waals surface area contributed by atoms with Crippen molar-refractivity contribution in [2.75, 3.05) is 39.0 Å². The molecule has 1 heterocycles. The summed E-state index contributed by atoms with van der Waals surface area (Å²) in [5.41, 5.74) is 2.13. The molecule has 2 amide bonds. The minimum atomic E-state index is -0.186. The number of nitrogens with one attached hydrogen (secondary N) is 1. The first-order valence-electron chi connectivity index (χ1n) is 10.1. The van der Waals surface area contributed by atoms with E-state index in [4.69, 9.17) is 0 Å². The van der Waals surface area contributed by atoms with E-state index in [0.29, 0.717) is 11.7 Å². The molecule has 0 unspecified atom stereocenters. The fourth-order valence-electron chi connectivity index (χ4n) is 3.47. The monoisotopic (exact) mass is 414 g/mol. The number of thiazole rings is 1. The average Bonchev–Trinajstić information content (AvgIpc) is 3.41. The van der Waals surface area contributed by atoms with Crippen LogP contribution < -0.4 is 5.32 Å². The van der Waals surface area contributed by atoms with Crippen LogP contribution in [-0.4, -0.2) is 60.3 Å². The van der Waals surface area contributed by atoms with E-state index in [9.17, 15) is 9.59 Å². The number of hydrogen-bond acceptors (Lipinski definition) is 5. The van der Waals surface area contributed by atoms with Gasteiger partial charge in [0.2, 0.25) is 11.8 Å².